The fourth-order valence-corrected chi connectivity index (χ4v) is 7.78. The molecule has 1 aromatic rings. The Morgan fingerprint density at radius 1 is 1.20 bits per heavy atom. The van der Waals surface area contributed by atoms with E-state index >= 15 is 0 Å². The Morgan fingerprint density at radius 3 is 2.46 bits per heavy atom. The van der Waals surface area contributed by atoms with Gasteiger partial charge in [-0.15, -0.1) is 0 Å². The smallest absolute Gasteiger partial charge is 0.285 e. The summed E-state index contributed by atoms with van der Waals surface area (Å²) in [6, 6.07) is 5.65. The number of nitrogens with zero attached hydrogens (tertiary/aromatic N) is 1. The zero-order valence-corrected chi connectivity index (χ0v) is 22.3. The molecule has 0 unspecified atom stereocenters. The summed E-state index contributed by atoms with van der Waals surface area (Å²) in [5, 5.41) is 1.27. The van der Waals surface area contributed by atoms with Crippen molar-refractivity contribution in [3.63, 3.8) is 0 Å². The normalized spacial score (nSPS) is 31.2. The van der Waals surface area contributed by atoms with Gasteiger partial charge in [-0.05, 0) is 113 Å². The first-order valence-corrected chi connectivity index (χ1v) is 14.0. The summed E-state index contributed by atoms with van der Waals surface area (Å²) in [6.45, 7) is 6.53. The summed E-state index contributed by atoms with van der Waals surface area (Å²) in [5.41, 5.74) is 3.40. The summed E-state index contributed by atoms with van der Waals surface area (Å²) in [5.74, 6) is 3.00. The van der Waals surface area contributed by atoms with Gasteiger partial charge in [0.05, 0.1) is 23.0 Å². The van der Waals surface area contributed by atoms with E-state index < -0.39 is 0 Å². The molecule has 6 nitrogen and oxygen atoms in total. The van der Waals surface area contributed by atoms with Crippen molar-refractivity contribution in [3.05, 3.63) is 28.7 Å². The van der Waals surface area contributed by atoms with Gasteiger partial charge in [-0.1, -0.05) is 24.8 Å². The minimum atomic E-state index is -0.334. The highest BCUT2D eigenvalue weighted by atomic mass is 32.2. The molecule has 4 aliphatic carbocycles. The Kier molecular flexibility index (Phi) is 6.87. The monoisotopic (exact) mass is 514 g/mol. The van der Waals surface area contributed by atoms with Crippen LogP contribution in [-0.4, -0.2) is 33.9 Å². The number of ether oxygens (including phenoxy) is 2. The van der Waals surface area contributed by atoms with Gasteiger partial charge in [0.25, 0.3) is 5.91 Å². The van der Waals surface area contributed by atoms with Gasteiger partial charge in [0.2, 0.25) is 5.91 Å². The molecule has 0 spiro atoms. The average Bonchev–Trinajstić information content (AvgIpc) is 3.07. The molecular weight excluding hydrogens is 480 g/mol. The molecule has 35 heavy (non-hydrogen) atoms. The summed E-state index contributed by atoms with van der Waals surface area (Å²) in [7, 11) is 0. The predicted octanol–water partition coefficient (Wildman–Crippen LogP) is 5.71. The van der Waals surface area contributed by atoms with Crippen molar-refractivity contribution in [1.29, 1.82) is 0 Å². The fourth-order valence-electron chi connectivity index (χ4n) is 6.60. The first kappa shape index (κ1) is 24.6. The van der Waals surface area contributed by atoms with Crippen LogP contribution in [0.15, 0.2) is 23.1 Å². The van der Waals surface area contributed by atoms with Crippen LogP contribution in [0.3, 0.4) is 0 Å². The maximum atomic E-state index is 13.5. The van der Waals surface area contributed by atoms with Gasteiger partial charge in [-0.25, -0.2) is 0 Å². The molecule has 1 N–H and O–H groups in total. The average molecular weight is 515 g/mol. The van der Waals surface area contributed by atoms with E-state index in [4.69, 9.17) is 21.7 Å². The van der Waals surface area contributed by atoms with Crippen molar-refractivity contribution in [2.45, 2.75) is 71.8 Å². The number of thioether (sulfide) groups is 1. The maximum absolute atomic E-state index is 13.5. The van der Waals surface area contributed by atoms with Gasteiger partial charge >= 0.3 is 0 Å². The SMILES string of the molecule is CCOc1cc(/C=C2/SC(=S)N(NC(=O)C34CC5CC(CC(C5)C3)C4)C2=O)ccc1O[C@@H](C)CC. The molecule has 1 heterocycles. The molecule has 6 rings (SSSR count). The Balaban J connectivity index is 1.31. The third-order valence-electron chi connectivity index (χ3n) is 8.00. The summed E-state index contributed by atoms with van der Waals surface area (Å²) < 4.78 is 12.1. The predicted molar refractivity (Wildman–Crippen MR) is 142 cm³/mol. The molecule has 5 fully saturated rings. The molecule has 1 atom stereocenters. The van der Waals surface area contributed by atoms with Crippen LogP contribution in [0.4, 0.5) is 0 Å². The third-order valence-corrected chi connectivity index (χ3v) is 9.30. The van der Waals surface area contributed by atoms with Crippen LogP contribution in [0.25, 0.3) is 6.08 Å². The number of carbonyl (C=O) groups excluding carboxylic acids is 2. The zero-order chi connectivity index (χ0) is 24.7. The van der Waals surface area contributed by atoms with Crippen LogP contribution in [0, 0.1) is 23.2 Å². The Morgan fingerprint density at radius 2 is 1.86 bits per heavy atom. The van der Waals surface area contributed by atoms with Crippen LogP contribution >= 0.6 is 24.0 Å². The number of nitrogens with one attached hydrogen (secondary N) is 1. The number of hydrazine groups is 1. The topological polar surface area (TPSA) is 67.9 Å². The quantitative estimate of drug-likeness (QED) is 0.354. The highest BCUT2D eigenvalue weighted by Crippen LogP contribution is 2.60. The van der Waals surface area contributed by atoms with Crippen LogP contribution < -0.4 is 14.9 Å². The minimum Gasteiger partial charge on any atom is -0.490 e. The molecule has 4 saturated carbocycles. The standard InChI is InChI=1S/C27H34N2O4S2/c1-4-16(3)33-21-7-6-17(11-22(21)32-5-2)12-23-24(30)29(26(34)35-23)28-25(31)27-13-18-8-19(14-27)10-20(9-18)15-27/h6-7,11-12,16,18-20H,4-5,8-10,13-15H2,1-3H3,(H,28,31)/b23-12+/t16-,18?,19?,20?,27?/m0/s1. The van der Waals surface area contributed by atoms with Crippen LogP contribution in [0.1, 0.15) is 71.3 Å². The lowest BCUT2D eigenvalue weighted by molar-refractivity contribution is -0.152. The van der Waals surface area contributed by atoms with Crippen LogP contribution in [0.5, 0.6) is 11.5 Å². The minimum absolute atomic E-state index is 0.0284. The molecule has 4 bridgehead atoms. The molecule has 1 aromatic carbocycles. The van der Waals surface area contributed by atoms with E-state index in [1.54, 1.807) is 6.08 Å². The van der Waals surface area contributed by atoms with Crippen molar-refractivity contribution < 1.29 is 19.1 Å². The summed E-state index contributed by atoms with van der Waals surface area (Å²) in [6.07, 6.45) is 9.40. The van der Waals surface area contributed by atoms with E-state index in [-0.39, 0.29) is 23.3 Å². The number of amides is 2. The number of rotatable bonds is 8. The number of hydrogen-bond donors (Lipinski definition) is 1. The first-order chi connectivity index (χ1) is 16.8. The third kappa shape index (κ3) is 4.84. The fraction of sp³-hybridized carbons (Fsp3) is 0.593. The highest BCUT2D eigenvalue weighted by Gasteiger charge is 2.55. The lowest BCUT2D eigenvalue weighted by Crippen LogP contribution is -2.57. The Labute approximate surface area is 217 Å². The second-order valence-electron chi connectivity index (χ2n) is 10.6. The van der Waals surface area contributed by atoms with Crippen LogP contribution in [-0.2, 0) is 9.59 Å². The molecular formula is C27H34N2O4S2. The second-order valence-corrected chi connectivity index (χ2v) is 12.3. The molecule has 0 aromatic heterocycles. The first-order valence-electron chi connectivity index (χ1n) is 12.8. The van der Waals surface area contributed by atoms with Crippen molar-refractivity contribution >= 4 is 46.2 Å². The van der Waals surface area contributed by atoms with Crippen molar-refractivity contribution in [1.82, 2.24) is 10.4 Å². The number of carbonyl (C=O) groups is 2. The molecule has 188 valence electrons. The van der Waals surface area contributed by atoms with Gasteiger partial charge in [0, 0.05) is 0 Å². The van der Waals surface area contributed by atoms with Gasteiger partial charge in [0.1, 0.15) is 0 Å². The van der Waals surface area contributed by atoms with Gasteiger partial charge in [0.15, 0.2) is 15.8 Å². The molecule has 5 aliphatic rings. The lowest BCUT2D eigenvalue weighted by atomic mass is 9.49. The van der Waals surface area contributed by atoms with Gasteiger partial charge < -0.3 is 9.47 Å². The molecule has 1 saturated heterocycles. The van der Waals surface area contributed by atoms with Crippen LogP contribution in [0.2, 0.25) is 0 Å². The van der Waals surface area contributed by atoms with Crippen molar-refractivity contribution in [2.24, 2.45) is 23.2 Å². The maximum Gasteiger partial charge on any atom is 0.285 e. The van der Waals surface area contributed by atoms with E-state index in [2.05, 4.69) is 12.3 Å². The Hall–Kier alpha value is -2.06. The molecule has 0 radical (unpaired) electrons. The number of benzene rings is 1. The van der Waals surface area contributed by atoms with E-state index in [0.29, 0.717) is 45.1 Å². The second kappa shape index (κ2) is 9.77. The summed E-state index contributed by atoms with van der Waals surface area (Å²) in [4.78, 5) is 27.2. The van der Waals surface area contributed by atoms with E-state index in [1.807, 2.05) is 32.0 Å². The summed E-state index contributed by atoms with van der Waals surface area (Å²) >= 11 is 6.70. The zero-order valence-electron chi connectivity index (χ0n) is 20.7. The van der Waals surface area contributed by atoms with Gasteiger partial charge in [-0.2, -0.15) is 5.01 Å². The molecule has 2 amide bonds. The van der Waals surface area contributed by atoms with Gasteiger partial charge in [-0.3, -0.25) is 15.0 Å². The molecule has 1 aliphatic heterocycles. The van der Waals surface area contributed by atoms with Crippen molar-refractivity contribution in [2.75, 3.05) is 6.61 Å². The van der Waals surface area contributed by atoms with E-state index in [9.17, 15) is 9.59 Å². The highest BCUT2D eigenvalue weighted by molar-refractivity contribution is 8.26. The lowest BCUT2D eigenvalue weighted by Gasteiger charge is -2.55. The van der Waals surface area contributed by atoms with E-state index in [0.717, 1.165) is 31.2 Å². The largest absolute Gasteiger partial charge is 0.490 e. The molecule has 8 heteroatoms. The number of thiocarbonyl (C=S) groups is 1. The van der Waals surface area contributed by atoms with E-state index in [1.165, 1.54) is 36.0 Å². The Bertz CT molecular complexity index is 1030. The van der Waals surface area contributed by atoms with Crippen molar-refractivity contribution in [3.8, 4) is 11.5 Å². The number of hydrogen-bond acceptors (Lipinski definition) is 6.